The molecular weight excluding hydrogens is 358 g/mol. The van der Waals surface area contributed by atoms with Crippen molar-refractivity contribution in [3.05, 3.63) is 108 Å². The highest BCUT2D eigenvalue weighted by Crippen LogP contribution is 2.36. The van der Waals surface area contributed by atoms with E-state index in [1.54, 1.807) is 11.1 Å². The number of rotatable bonds is 3. The third-order valence-electron chi connectivity index (χ3n) is 5.12. The van der Waals surface area contributed by atoms with Gasteiger partial charge in [-0.05, 0) is 41.0 Å². The number of nitrogens with one attached hydrogen (secondary N) is 1. The van der Waals surface area contributed by atoms with Gasteiger partial charge in [0.15, 0.2) is 5.82 Å². The van der Waals surface area contributed by atoms with Crippen LogP contribution in [0.2, 0.25) is 0 Å². The van der Waals surface area contributed by atoms with Gasteiger partial charge in [0.05, 0.1) is 23.5 Å². The summed E-state index contributed by atoms with van der Waals surface area (Å²) in [5, 5.41) is 3.35. The summed E-state index contributed by atoms with van der Waals surface area (Å²) in [5.74, 6) is 0.642. The van der Waals surface area contributed by atoms with Crippen LogP contribution in [0.3, 0.4) is 0 Å². The van der Waals surface area contributed by atoms with Gasteiger partial charge >= 0.3 is 0 Å². The number of carbonyl (C=O) groups excluding carboxylic acids is 1. The molecule has 1 aliphatic rings. The standard InChI is InChI=1S/C25H19N3O/c29-25-21-16-20(19-10-5-2-6-11-19)13-14-22(21)27-24-23(12-7-15-26-24)28(25)17-18-8-3-1-4-9-18/h1-16H,17H2,(H,26,27). The topological polar surface area (TPSA) is 45.2 Å². The van der Waals surface area contributed by atoms with Crippen LogP contribution in [0.25, 0.3) is 11.1 Å². The summed E-state index contributed by atoms with van der Waals surface area (Å²) in [6.07, 6.45) is 1.74. The Balaban J connectivity index is 1.63. The van der Waals surface area contributed by atoms with Crippen molar-refractivity contribution in [3.8, 4) is 11.1 Å². The summed E-state index contributed by atoms with van der Waals surface area (Å²) in [7, 11) is 0. The van der Waals surface area contributed by atoms with Crippen LogP contribution in [0.4, 0.5) is 17.2 Å². The van der Waals surface area contributed by atoms with Gasteiger partial charge in [0, 0.05) is 6.20 Å². The second-order valence-corrected chi connectivity index (χ2v) is 7.00. The van der Waals surface area contributed by atoms with Crippen molar-refractivity contribution in [1.29, 1.82) is 0 Å². The maximum absolute atomic E-state index is 13.6. The molecule has 4 aromatic rings. The summed E-state index contributed by atoms with van der Waals surface area (Å²) < 4.78 is 0. The van der Waals surface area contributed by atoms with Gasteiger partial charge < -0.3 is 10.2 Å². The van der Waals surface area contributed by atoms with Crippen molar-refractivity contribution in [3.63, 3.8) is 0 Å². The average molecular weight is 377 g/mol. The molecule has 1 N–H and O–H groups in total. The first kappa shape index (κ1) is 17.2. The molecule has 0 aliphatic carbocycles. The summed E-state index contributed by atoms with van der Waals surface area (Å²) in [6, 6.07) is 29.9. The molecule has 0 spiro atoms. The number of nitrogens with zero attached hydrogens (tertiary/aromatic N) is 2. The number of amides is 1. The molecule has 5 rings (SSSR count). The summed E-state index contributed by atoms with van der Waals surface area (Å²) in [6.45, 7) is 0.481. The minimum Gasteiger partial charge on any atom is -0.338 e. The van der Waals surface area contributed by atoms with Crippen LogP contribution in [-0.2, 0) is 6.54 Å². The second-order valence-electron chi connectivity index (χ2n) is 7.00. The Hall–Kier alpha value is -3.92. The highest BCUT2D eigenvalue weighted by atomic mass is 16.2. The van der Waals surface area contributed by atoms with Gasteiger partial charge in [-0.15, -0.1) is 0 Å². The first-order valence-electron chi connectivity index (χ1n) is 9.57. The maximum atomic E-state index is 13.6. The fourth-order valence-corrected chi connectivity index (χ4v) is 3.66. The molecule has 4 nitrogen and oxygen atoms in total. The van der Waals surface area contributed by atoms with E-state index in [0.717, 1.165) is 28.1 Å². The molecule has 0 unspecified atom stereocenters. The SMILES string of the molecule is O=C1c2cc(-c3ccccc3)ccc2Nc2ncccc2N1Cc1ccccc1. The fraction of sp³-hybridized carbons (Fsp3) is 0.0400. The predicted octanol–water partition coefficient (Wildman–Crippen LogP) is 5.65. The molecule has 140 valence electrons. The molecule has 0 atom stereocenters. The lowest BCUT2D eigenvalue weighted by Gasteiger charge is -2.22. The summed E-state index contributed by atoms with van der Waals surface area (Å²) >= 11 is 0. The predicted molar refractivity (Wildman–Crippen MR) is 116 cm³/mol. The highest BCUT2D eigenvalue weighted by Gasteiger charge is 2.27. The molecule has 1 amide bonds. The first-order valence-corrected chi connectivity index (χ1v) is 9.57. The minimum absolute atomic E-state index is 0.0408. The van der Waals surface area contributed by atoms with Gasteiger partial charge in [0.2, 0.25) is 0 Å². The normalized spacial score (nSPS) is 12.6. The zero-order valence-electron chi connectivity index (χ0n) is 15.7. The molecule has 4 heteroatoms. The molecule has 0 saturated carbocycles. The third kappa shape index (κ3) is 3.25. The first-order chi connectivity index (χ1) is 14.3. The van der Waals surface area contributed by atoms with Gasteiger partial charge in [-0.3, -0.25) is 4.79 Å². The van der Waals surface area contributed by atoms with Crippen molar-refractivity contribution in [2.45, 2.75) is 6.54 Å². The summed E-state index contributed by atoms with van der Waals surface area (Å²) in [4.78, 5) is 19.9. The van der Waals surface area contributed by atoms with E-state index in [9.17, 15) is 4.79 Å². The Morgan fingerprint density at radius 3 is 2.34 bits per heavy atom. The van der Waals surface area contributed by atoms with Crippen molar-refractivity contribution in [2.75, 3.05) is 10.2 Å². The Bertz CT molecular complexity index is 1170. The number of hydrogen-bond acceptors (Lipinski definition) is 3. The molecule has 2 heterocycles. The average Bonchev–Trinajstić information content (AvgIpc) is 2.90. The van der Waals surface area contributed by atoms with E-state index in [1.165, 1.54) is 0 Å². The number of pyridine rings is 1. The number of carbonyl (C=O) groups is 1. The Morgan fingerprint density at radius 1 is 0.793 bits per heavy atom. The number of aromatic nitrogens is 1. The monoisotopic (exact) mass is 377 g/mol. The molecule has 0 saturated heterocycles. The Kier molecular flexibility index (Phi) is 4.30. The largest absolute Gasteiger partial charge is 0.338 e. The molecule has 0 fully saturated rings. The molecule has 0 bridgehead atoms. The fourth-order valence-electron chi connectivity index (χ4n) is 3.66. The van der Waals surface area contributed by atoms with Gasteiger partial charge in [0.1, 0.15) is 0 Å². The maximum Gasteiger partial charge on any atom is 0.260 e. The van der Waals surface area contributed by atoms with Crippen molar-refractivity contribution in [1.82, 2.24) is 4.98 Å². The molecular formula is C25H19N3O. The molecule has 1 aliphatic heterocycles. The van der Waals surface area contributed by atoms with Gasteiger partial charge in [0.25, 0.3) is 5.91 Å². The van der Waals surface area contributed by atoms with E-state index in [4.69, 9.17) is 0 Å². The van der Waals surface area contributed by atoms with Crippen molar-refractivity contribution < 1.29 is 4.79 Å². The summed E-state index contributed by atoms with van der Waals surface area (Å²) in [5.41, 5.74) is 5.35. The van der Waals surface area contributed by atoms with Crippen LogP contribution < -0.4 is 10.2 Å². The molecule has 1 aromatic heterocycles. The van der Waals surface area contributed by atoms with Crippen LogP contribution in [0.5, 0.6) is 0 Å². The van der Waals surface area contributed by atoms with Gasteiger partial charge in [-0.25, -0.2) is 4.98 Å². The van der Waals surface area contributed by atoms with Crippen LogP contribution in [-0.4, -0.2) is 10.9 Å². The van der Waals surface area contributed by atoms with Crippen LogP contribution >= 0.6 is 0 Å². The van der Waals surface area contributed by atoms with Crippen LogP contribution in [0, 0.1) is 0 Å². The molecule has 3 aromatic carbocycles. The molecule has 29 heavy (non-hydrogen) atoms. The number of anilines is 3. The lowest BCUT2D eigenvalue weighted by Crippen LogP contribution is -2.29. The smallest absolute Gasteiger partial charge is 0.260 e. The third-order valence-corrected chi connectivity index (χ3v) is 5.12. The van der Waals surface area contributed by atoms with E-state index in [-0.39, 0.29) is 5.91 Å². The lowest BCUT2D eigenvalue weighted by molar-refractivity contribution is 0.0986. The van der Waals surface area contributed by atoms with E-state index in [0.29, 0.717) is 17.9 Å². The number of benzene rings is 3. The van der Waals surface area contributed by atoms with E-state index < -0.39 is 0 Å². The van der Waals surface area contributed by atoms with E-state index >= 15 is 0 Å². The highest BCUT2D eigenvalue weighted by molar-refractivity contribution is 6.13. The lowest BCUT2D eigenvalue weighted by atomic mass is 10.0. The van der Waals surface area contributed by atoms with Crippen molar-refractivity contribution >= 4 is 23.1 Å². The van der Waals surface area contributed by atoms with E-state index in [1.807, 2.05) is 91.0 Å². The quantitative estimate of drug-likeness (QED) is 0.502. The zero-order chi connectivity index (χ0) is 19.6. The van der Waals surface area contributed by atoms with Crippen molar-refractivity contribution in [2.24, 2.45) is 0 Å². The van der Waals surface area contributed by atoms with Gasteiger partial charge in [-0.1, -0.05) is 66.7 Å². The van der Waals surface area contributed by atoms with Gasteiger partial charge in [-0.2, -0.15) is 0 Å². The number of fused-ring (bicyclic) bond motifs is 2. The molecule has 0 radical (unpaired) electrons. The Morgan fingerprint density at radius 2 is 1.55 bits per heavy atom. The Labute approximate surface area is 169 Å². The number of hydrogen-bond donors (Lipinski definition) is 1. The van der Waals surface area contributed by atoms with Crippen LogP contribution in [0.1, 0.15) is 15.9 Å². The van der Waals surface area contributed by atoms with Crippen LogP contribution in [0.15, 0.2) is 97.2 Å². The second kappa shape index (κ2) is 7.24. The van der Waals surface area contributed by atoms with E-state index in [2.05, 4.69) is 10.3 Å². The minimum atomic E-state index is -0.0408. The zero-order valence-corrected chi connectivity index (χ0v) is 15.7.